The zero-order valence-corrected chi connectivity index (χ0v) is 13.7. The zero-order valence-electron chi connectivity index (χ0n) is 13.7. The van der Waals surface area contributed by atoms with Gasteiger partial charge >= 0.3 is 0 Å². The first-order valence-electron chi connectivity index (χ1n) is 8.02. The van der Waals surface area contributed by atoms with Crippen molar-refractivity contribution in [3.05, 3.63) is 47.0 Å². The Balaban J connectivity index is 1.85. The number of amides is 1. The minimum absolute atomic E-state index is 0.0584. The van der Waals surface area contributed by atoms with Crippen LogP contribution in [0.25, 0.3) is 0 Å². The third kappa shape index (κ3) is 3.12. The highest BCUT2D eigenvalue weighted by molar-refractivity contribution is 5.94. The Morgan fingerprint density at radius 1 is 1.43 bits per heavy atom. The molecule has 2 aromatic heterocycles. The second-order valence-corrected chi connectivity index (χ2v) is 5.90. The van der Waals surface area contributed by atoms with Gasteiger partial charge in [-0.1, -0.05) is 6.07 Å². The SMILES string of the molecule is CCN(Cc1ccccn1)C(=O)c1n[nH]c2c1C[C@H](C)O[C@@H]2C. The van der Waals surface area contributed by atoms with Gasteiger partial charge in [0.1, 0.15) is 0 Å². The highest BCUT2D eigenvalue weighted by Crippen LogP contribution is 2.30. The molecule has 6 nitrogen and oxygen atoms in total. The molecule has 2 atom stereocenters. The summed E-state index contributed by atoms with van der Waals surface area (Å²) < 4.78 is 5.78. The molecular weight excluding hydrogens is 292 g/mol. The van der Waals surface area contributed by atoms with E-state index in [4.69, 9.17) is 4.74 Å². The van der Waals surface area contributed by atoms with E-state index in [1.165, 1.54) is 0 Å². The van der Waals surface area contributed by atoms with Crippen molar-refractivity contribution in [2.75, 3.05) is 6.54 Å². The van der Waals surface area contributed by atoms with Crippen LogP contribution in [-0.4, -0.2) is 38.6 Å². The molecule has 0 aromatic carbocycles. The molecular formula is C17H22N4O2. The van der Waals surface area contributed by atoms with Crippen molar-refractivity contribution in [2.24, 2.45) is 0 Å². The predicted octanol–water partition coefficient (Wildman–Crippen LogP) is 2.49. The molecule has 1 aliphatic heterocycles. The van der Waals surface area contributed by atoms with Crippen LogP contribution < -0.4 is 0 Å². The first kappa shape index (κ1) is 15.7. The summed E-state index contributed by atoms with van der Waals surface area (Å²) >= 11 is 0. The van der Waals surface area contributed by atoms with Gasteiger partial charge in [0.2, 0.25) is 0 Å². The van der Waals surface area contributed by atoms with Crippen LogP contribution in [0.5, 0.6) is 0 Å². The molecule has 0 fully saturated rings. The molecule has 0 spiro atoms. The average Bonchev–Trinajstić information content (AvgIpc) is 2.97. The Bertz CT molecular complexity index is 683. The molecule has 0 unspecified atom stereocenters. The first-order chi connectivity index (χ1) is 11.1. The van der Waals surface area contributed by atoms with Gasteiger partial charge in [-0.15, -0.1) is 0 Å². The number of carbonyl (C=O) groups is 1. The number of H-pyrrole nitrogens is 1. The summed E-state index contributed by atoms with van der Waals surface area (Å²) in [6.07, 6.45) is 2.48. The Labute approximate surface area is 135 Å². The number of nitrogens with one attached hydrogen (secondary N) is 1. The number of fused-ring (bicyclic) bond motifs is 1. The van der Waals surface area contributed by atoms with Crippen molar-refractivity contribution in [2.45, 2.75) is 45.9 Å². The van der Waals surface area contributed by atoms with Crippen LogP contribution >= 0.6 is 0 Å². The van der Waals surface area contributed by atoms with Gasteiger partial charge < -0.3 is 9.64 Å². The highest BCUT2D eigenvalue weighted by Gasteiger charge is 2.31. The fourth-order valence-corrected chi connectivity index (χ4v) is 3.01. The smallest absolute Gasteiger partial charge is 0.274 e. The number of hydrogen-bond acceptors (Lipinski definition) is 4. The van der Waals surface area contributed by atoms with E-state index in [2.05, 4.69) is 15.2 Å². The van der Waals surface area contributed by atoms with Crippen LogP contribution in [0.2, 0.25) is 0 Å². The van der Waals surface area contributed by atoms with Gasteiger partial charge in [-0.2, -0.15) is 5.10 Å². The average molecular weight is 314 g/mol. The van der Waals surface area contributed by atoms with E-state index in [0.717, 1.165) is 17.0 Å². The lowest BCUT2D eigenvalue weighted by atomic mass is 9.99. The zero-order chi connectivity index (χ0) is 16.4. The molecule has 1 aliphatic rings. The van der Waals surface area contributed by atoms with Gasteiger partial charge in [-0.3, -0.25) is 14.9 Å². The maximum Gasteiger partial charge on any atom is 0.274 e. The Morgan fingerprint density at radius 3 is 2.96 bits per heavy atom. The monoisotopic (exact) mass is 314 g/mol. The van der Waals surface area contributed by atoms with Crippen molar-refractivity contribution in [3.8, 4) is 0 Å². The van der Waals surface area contributed by atoms with E-state index in [1.807, 2.05) is 39.0 Å². The van der Waals surface area contributed by atoms with Gasteiger partial charge in [0, 0.05) is 24.7 Å². The number of carbonyl (C=O) groups excluding carboxylic acids is 1. The van der Waals surface area contributed by atoms with Gasteiger partial charge in [0.05, 0.1) is 30.1 Å². The second-order valence-electron chi connectivity index (χ2n) is 5.90. The molecule has 2 aromatic rings. The normalized spacial score (nSPS) is 20.1. The predicted molar refractivity (Wildman–Crippen MR) is 85.9 cm³/mol. The number of aromatic nitrogens is 3. The van der Waals surface area contributed by atoms with E-state index in [9.17, 15) is 4.79 Å². The third-order valence-corrected chi connectivity index (χ3v) is 4.18. The molecule has 0 bridgehead atoms. The minimum Gasteiger partial charge on any atom is -0.369 e. The second kappa shape index (κ2) is 6.50. The van der Waals surface area contributed by atoms with Crippen molar-refractivity contribution >= 4 is 5.91 Å². The van der Waals surface area contributed by atoms with E-state index >= 15 is 0 Å². The van der Waals surface area contributed by atoms with Crippen LogP contribution in [0, 0.1) is 0 Å². The number of pyridine rings is 1. The lowest BCUT2D eigenvalue weighted by Gasteiger charge is -2.26. The van der Waals surface area contributed by atoms with Crippen LogP contribution in [0.1, 0.15) is 54.3 Å². The summed E-state index contributed by atoms with van der Waals surface area (Å²) in [5.74, 6) is -0.0584. The number of ether oxygens (including phenoxy) is 1. The van der Waals surface area contributed by atoms with Crippen LogP contribution in [-0.2, 0) is 17.7 Å². The van der Waals surface area contributed by atoms with Crippen molar-refractivity contribution in [3.63, 3.8) is 0 Å². The van der Waals surface area contributed by atoms with Crippen molar-refractivity contribution < 1.29 is 9.53 Å². The maximum atomic E-state index is 12.9. The molecule has 0 aliphatic carbocycles. The number of hydrogen-bond donors (Lipinski definition) is 1. The van der Waals surface area contributed by atoms with Crippen LogP contribution in [0.4, 0.5) is 0 Å². The summed E-state index contributed by atoms with van der Waals surface area (Å²) in [6.45, 7) is 7.06. The van der Waals surface area contributed by atoms with Gasteiger partial charge in [0.15, 0.2) is 5.69 Å². The van der Waals surface area contributed by atoms with Crippen molar-refractivity contribution in [1.29, 1.82) is 0 Å². The molecule has 0 saturated heterocycles. The molecule has 0 saturated carbocycles. The Hall–Kier alpha value is -2.21. The summed E-state index contributed by atoms with van der Waals surface area (Å²) in [7, 11) is 0. The fraction of sp³-hybridized carbons (Fsp3) is 0.471. The van der Waals surface area contributed by atoms with Crippen LogP contribution in [0.3, 0.4) is 0 Å². The van der Waals surface area contributed by atoms with Crippen molar-refractivity contribution in [1.82, 2.24) is 20.1 Å². The molecule has 3 rings (SSSR count). The topological polar surface area (TPSA) is 71.1 Å². The standard InChI is InChI=1S/C17H22N4O2/c1-4-21(10-13-7-5-6-8-18-13)17(22)16-14-9-11(2)23-12(3)15(14)19-20-16/h5-8,11-12H,4,9-10H2,1-3H3,(H,19,20)/t11-,12+/m0/s1. The maximum absolute atomic E-state index is 12.9. The van der Waals surface area contributed by atoms with E-state index in [-0.39, 0.29) is 18.1 Å². The number of nitrogens with zero attached hydrogens (tertiary/aromatic N) is 3. The molecule has 6 heteroatoms. The summed E-state index contributed by atoms with van der Waals surface area (Å²) in [5, 5.41) is 7.26. The van der Waals surface area contributed by atoms with E-state index in [1.54, 1.807) is 11.1 Å². The summed E-state index contributed by atoms with van der Waals surface area (Å²) in [6, 6.07) is 5.72. The summed E-state index contributed by atoms with van der Waals surface area (Å²) in [5.41, 5.74) is 3.29. The highest BCUT2D eigenvalue weighted by atomic mass is 16.5. The van der Waals surface area contributed by atoms with E-state index in [0.29, 0.717) is 25.2 Å². The Morgan fingerprint density at radius 2 is 2.26 bits per heavy atom. The lowest BCUT2D eigenvalue weighted by Crippen LogP contribution is -2.32. The van der Waals surface area contributed by atoms with Crippen LogP contribution in [0.15, 0.2) is 24.4 Å². The van der Waals surface area contributed by atoms with E-state index < -0.39 is 0 Å². The van der Waals surface area contributed by atoms with Gasteiger partial charge in [-0.25, -0.2) is 0 Å². The number of aromatic amines is 1. The largest absolute Gasteiger partial charge is 0.369 e. The fourth-order valence-electron chi connectivity index (χ4n) is 3.01. The molecule has 122 valence electrons. The quantitative estimate of drug-likeness (QED) is 0.941. The Kier molecular flexibility index (Phi) is 4.43. The summed E-state index contributed by atoms with van der Waals surface area (Å²) in [4.78, 5) is 19.0. The minimum atomic E-state index is -0.0614. The first-order valence-corrected chi connectivity index (χ1v) is 8.02. The van der Waals surface area contributed by atoms with Gasteiger partial charge in [0.25, 0.3) is 5.91 Å². The molecule has 23 heavy (non-hydrogen) atoms. The number of rotatable bonds is 4. The molecule has 3 heterocycles. The lowest BCUT2D eigenvalue weighted by molar-refractivity contribution is -0.00702. The molecule has 1 N–H and O–H groups in total. The third-order valence-electron chi connectivity index (χ3n) is 4.18. The molecule has 0 radical (unpaired) electrons. The molecule has 1 amide bonds. The van der Waals surface area contributed by atoms with Gasteiger partial charge in [-0.05, 0) is 32.9 Å².